The van der Waals surface area contributed by atoms with Crippen molar-refractivity contribution < 1.29 is 9.53 Å². The van der Waals surface area contributed by atoms with E-state index in [4.69, 9.17) is 4.74 Å². The molecule has 1 aromatic heterocycles. The van der Waals surface area contributed by atoms with Gasteiger partial charge in [0.25, 0.3) is 5.56 Å². The van der Waals surface area contributed by atoms with Gasteiger partial charge in [0.2, 0.25) is 0 Å². The van der Waals surface area contributed by atoms with Gasteiger partial charge in [-0.15, -0.1) is 0 Å². The number of aromatic amines is 2. The van der Waals surface area contributed by atoms with E-state index in [9.17, 15) is 9.59 Å². The highest BCUT2D eigenvalue weighted by Crippen LogP contribution is 2.38. The Morgan fingerprint density at radius 3 is 2.67 bits per heavy atom. The number of nitrogens with one attached hydrogen (secondary N) is 4. The van der Waals surface area contributed by atoms with E-state index in [1.807, 2.05) is 37.3 Å². The van der Waals surface area contributed by atoms with Crippen LogP contribution in [0.1, 0.15) is 35.2 Å². The average molecular weight is 330 g/mol. The van der Waals surface area contributed by atoms with Crippen molar-refractivity contribution in [1.29, 1.82) is 0 Å². The van der Waals surface area contributed by atoms with Crippen LogP contribution in [0.3, 0.4) is 0 Å². The Hall–Kier alpha value is -2.38. The van der Waals surface area contributed by atoms with Crippen LogP contribution in [0.25, 0.3) is 0 Å². The van der Waals surface area contributed by atoms with Crippen molar-refractivity contribution in [1.82, 2.24) is 21.0 Å². The van der Waals surface area contributed by atoms with Gasteiger partial charge in [0.15, 0.2) is 0 Å². The van der Waals surface area contributed by atoms with Crippen molar-refractivity contribution in [3.63, 3.8) is 0 Å². The molecule has 128 valence electrons. The molecule has 1 aliphatic heterocycles. The normalized spacial score (nSPS) is 21.6. The number of aromatic nitrogens is 2. The molecule has 0 spiro atoms. The lowest BCUT2D eigenvalue weighted by atomic mass is 9.78. The first-order valence-electron chi connectivity index (χ1n) is 7.99. The molecule has 1 saturated heterocycles. The molecule has 7 nitrogen and oxygen atoms in total. The van der Waals surface area contributed by atoms with Crippen LogP contribution in [0.4, 0.5) is 0 Å². The summed E-state index contributed by atoms with van der Waals surface area (Å²) in [5, 5.41) is 5.47. The van der Waals surface area contributed by atoms with Crippen LogP contribution in [0.2, 0.25) is 0 Å². The van der Waals surface area contributed by atoms with Gasteiger partial charge < -0.3 is 9.84 Å². The van der Waals surface area contributed by atoms with Gasteiger partial charge in [0.1, 0.15) is 0 Å². The Morgan fingerprint density at radius 1 is 1.29 bits per heavy atom. The highest BCUT2D eigenvalue weighted by atomic mass is 16.5. The van der Waals surface area contributed by atoms with Crippen molar-refractivity contribution in [3.8, 4) is 0 Å². The summed E-state index contributed by atoms with van der Waals surface area (Å²) in [6.07, 6.45) is 0.162. The van der Waals surface area contributed by atoms with Crippen LogP contribution in [0.5, 0.6) is 0 Å². The molecule has 2 aromatic rings. The second-order valence-electron chi connectivity index (χ2n) is 6.08. The number of carbonyl (C=O) groups excluding carboxylic acids is 1. The molecule has 3 rings (SSSR count). The molecule has 1 aliphatic rings. The molecule has 4 N–H and O–H groups in total. The van der Waals surface area contributed by atoms with Crippen LogP contribution >= 0.6 is 0 Å². The smallest absolute Gasteiger partial charge is 0.306 e. The molecule has 24 heavy (non-hydrogen) atoms. The second kappa shape index (κ2) is 7.02. The maximum absolute atomic E-state index is 12.3. The SMILES string of the molecule is COC(=O)CC(c1c(C)[nH][nH]c1=O)C1CNNC1c1ccccc1. The third kappa shape index (κ3) is 3.13. The fourth-order valence-corrected chi connectivity index (χ4v) is 3.51. The second-order valence-corrected chi connectivity index (χ2v) is 6.08. The van der Waals surface area contributed by atoms with E-state index in [0.717, 1.165) is 11.3 Å². The summed E-state index contributed by atoms with van der Waals surface area (Å²) in [5.41, 5.74) is 8.76. The third-order valence-electron chi connectivity index (χ3n) is 4.70. The van der Waals surface area contributed by atoms with Crippen molar-refractivity contribution >= 4 is 5.97 Å². The molecule has 0 saturated carbocycles. The van der Waals surface area contributed by atoms with Gasteiger partial charge >= 0.3 is 5.97 Å². The molecule has 0 bridgehead atoms. The molecular formula is C17H22N4O3. The number of methoxy groups -OCH3 is 1. The first-order valence-corrected chi connectivity index (χ1v) is 7.99. The number of esters is 1. The summed E-state index contributed by atoms with van der Waals surface area (Å²) >= 11 is 0. The van der Waals surface area contributed by atoms with E-state index in [0.29, 0.717) is 12.1 Å². The lowest BCUT2D eigenvalue weighted by molar-refractivity contribution is -0.141. The van der Waals surface area contributed by atoms with Gasteiger partial charge in [-0.05, 0) is 12.5 Å². The molecule has 1 aromatic carbocycles. The Morgan fingerprint density at radius 2 is 2.04 bits per heavy atom. The summed E-state index contributed by atoms with van der Waals surface area (Å²) in [5.74, 6) is -0.527. The number of rotatable bonds is 5. The van der Waals surface area contributed by atoms with E-state index < -0.39 is 0 Å². The molecule has 0 radical (unpaired) electrons. The number of H-pyrrole nitrogens is 2. The van der Waals surface area contributed by atoms with Crippen LogP contribution < -0.4 is 16.4 Å². The highest BCUT2D eigenvalue weighted by Gasteiger charge is 2.38. The topological polar surface area (TPSA) is 99.0 Å². The number of hydrogen-bond donors (Lipinski definition) is 4. The zero-order valence-corrected chi connectivity index (χ0v) is 13.8. The van der Waals surface area contributed by atoms with Crippen LogP contribution in [0, 0.1) is 12.8 Å². The Bertz CT molecular complexity index is 753. The number of hydrogen-bond acceptors (Lipinski definition) is 5. The zero-order chi connectivity index (χ0) is 17.1. The minimum atomic E-state index is -0.321. The van der Waals surface area contributed by atoms with E-state index in [2.05, 4.69) is 21.0 Å². The van der Waals surface area contributed by atoms with Crippen molar-refractivity contribution in [2.45, 2.75) is 25.3 Å². The largest absolute Gasteiger partial charge is 0.469 e. The zero-order valence-electron chi connectivity index (χ0n) is 13.8. The highest BCUT2D eigenvalue weighted by molar-refractivity contribution is 5.70. The quantitative estimate of drug-likeness (QED) is 0.616. The fraction of sp³-hybridized carbons (Fsp3) is 0.412. The fourth-order valence-electron chi connectivity index (χ4n) is 3.51. The lowest BCUT2D eigenvalue weighted by Crippen LogP contribution is -2.28. The third-order valence-corrected chi connectivity index (χ3v) is 4.70. The molecule has 3 atom stereocenters. The van der Waals surface area contributed by atoms with E-state index >= 15 is 0 Å². The predicted molar refractivity (Wildman–Crippen MR) is 89.3 cm³/mol. The standard InChI is InChI=1S/C17H22N4O3/c1-10-15(17(23)21-19-10)12(8-14(22)24-2)13-9-18-20-16(13)11-6-4-3-5-7-11/h3-7,12-13,16,18,20H,8-9H2,1-2H3,(H2,19,21,23). The number of carbonyl (C=O) groups is 1. The lowest BCUT2D eigenvalue weighted by Gasteiger charge is -2.26. The van der Waals surface area contributed by atoms with Gasteiger partial charge in [-0.2, -0.15) is 0 Å². The van der Waals surface area contributed by atoms with Gasteiger partial charge in [-0.25, -0.2) is 5.43 Å². The number of hydrazine groups is 1. The summed E-state index contributed by atoms with van der Waals surface area (Å²) in [6.45, 7) is 2.50. The number of benzene rings is 1. The van der Waals surface area contributed by atoms with E-state index in [-0.39, 0.29) is 35.8 Å². The molecular weight excluding hydrogens is 308 g/mol. The summed E-state index contributed by atoms with van der Waals surface area (Å²) in [6, 6.07) is 10.0. The van der Waals surface area contributed by atoms with Gasteiger partial charge in [-0.1, -0.05) is 30.3 Å². The molecule has 3 unspecified atom stereocenters. The van der Waals surface area contributed by atoms with Gasteiger partial charge in [0, 0.05) is 29.6 Å². The average Bonchev–Trinajstić information content (AvgIpc) is 3.21. The maximum atomic E-state index is 12.3. The summed E-state index contributed by atoms with van der Waals surface area (Å²) in [7, 11) is 1.37. The molecule has 0 aliphatic carbocycles. The number of aryl methyl sites for hydroxylation is 1. The summed E-state index contributed by atoms with van der Waals surface area (Å²) < 4.78 is 4.86. The van der Waals surface area contributed by atoms with Crippen molar-refractivity contribution in [2.24, 2.45) is 5.92 Å². The predicted octanol–water partition coefficient (Wildman–Crippen LogP) is 1.12. The number of ether oxygens (including phenoxy) is 1. The monoisotopic (exact) mass is 330 g/mol. The summed E-state index contributed by atoms with van der Waals surface area (Å²) in [4.78, 5) is 24.2. The molecule has 7 heteroatoms. The minimum Gasteiger partial charge on any atom is -0.469 e. The van der Waals surface area contributed by atoms with E-state index in [1.165, 1.54) is 7.11 Å². The van der Waals surface area contributed by atoms with Gasteiger partial charge in [0.05, 0.1) is 19.6 Å². The van der Waals surface area contributed by atoms with Crippen LogP contribution in [0.15, 0.2) is 35.1 Å². The Labute approximate surface area is 139 Å². The van der Waals surface area contributed by atoms with E-state index in [1.54, 1.807) is 0 Å². The molecule has 2 heterocycles. The van der Waals surface area contributed by atoms with Crippen molar-refractivity contribution in [3.05, 3.63) is 57.5 Å². The molecule has 0 amide bonds. The molecule has 1 fully saturated rings. The minimum absolute atomic E-state index is 0.00885. The Kier molecular flexibility index (Phi) is 4.82. The van der Waals surface area contributed by atoms with Crippen molar-refractivity contribution in [2.75, 3.05) is 13.7 Å². The first-order chi connectivity index (χ1) is 11.6. The Balaban J connectivity index is 1.98. The maximum Gasteiger partial charge on any atom is 0.306 e. The van der Waals surface area contributed by atoms with Crippen LogP contribution in [-0.2, 0) is 9.53 Å². The van der Waals surface area contributed by atoms with Crippen LogP contribution in [-0.4, -0.2) is 29.8 Å². The first kappa shape index (κ1) is 16.5. The van der Waals surface area contributed by atoms with Gasteiger partial charge in [-0.3, -0.25) is 20.1 Å².